The molecule has 1 saturated heterocycles. The molecule has 1 aromatic carbocycles. The molecule has 0 N–H and O–H groups in total. The maximum Gasteiger partial charge on any atom is 0.117 e. The molecule has 7 heteroatoms. The van der Waals surface area contributed by atoms with Gasteiger partial charge >= 0.3 is 0 Å². The first-order valence-corrected chi connectivity index (χ1v) is 10.7. The summed E-state index contributed by atoms with van der Waals surface area (Å²) >= 11 is 1.71. The van der Waals surface area contributed by atoms with E-state index < -0.39 is 0 Å². The molecule has 29 heavy (non-hydrogen) atoms. The van der Waals surface area contributed by atoms with Crippen molar-refractivity contribution in [3.05, 3.63) is 51.9 Å². The van der Waals surface area contributed by atoms with Crippen molar-refractivity contribution >= 4 is 33.3 Å². The third kappa shape index (κ3) is 3.28. The van der Waals surface area contributed by atoms with Crippen molar-refractivity contribution in [2.45, 2.75) is 45.3 Å². The molecule has 0 radical (unpaired) electrons. The van der Waals surface area contributed by atoms with Crippen LogP contribution in [0.3, 0.4) is 0 Å². The van der Waals surface area contributed by atoms with Gasteiger partial charge in [0.05, 0.1) is 41.4 Å². The summed E-state index contributed by atoms with van der Waals surface area (Å²) in [5.74, 6) is 1.00. The van der Waals surface area contributed by atoms with E-state index in [1.165, 1.54) is 4.88 Å². The fourth-order valence-corrected chi connectivity index (χ4v) is 5.02. The molecule has 0 spiro atoms. The van der Waals surface area contributed by atoms with Gasteiger partial charge in [-0.2, -0.15) is 5.26 Å². The van der Waals surface area contributed by atoms with Crippen molar-refractivity contribution in [2.24, 2.45) is 0 Å². The molecule has 1 aliphatic heterocycles. The predicted octanol–water partition coefficient (Wildman–Crippen LogP) is 4.55. The molecule has 0 amide bonds. The Bertz CT molecular complexity index is 1250. The first-order valence-electron chi connectivity index (χ1n) is 9.85. The van der Waals surface area contributed by atoms with E-state index in [0.29, 0.717) is 18.0 Å². The van der Waals surface area contributed by atoms with E-state index in [1.54, 1.807) is 11.3 Å². The zero-order valence-electron chi connectivity index (χ0n) is 16.4. The second-order valence-corrected chi connectivity index (χ2v) is 8.95. The maximum atomic E-state index is 9.41. The van der Waals surface area contributed by atoms with E-state index in [0.717, 1.165) is 52.2 Å². The lowest BCUT2D eigenvalue weighted by molar-refractivity contribution is 0.00631. The number of imidazole rings is 1. The number of pyridine rings is 1. The largest absolute Gasteiger partial charge is 0.378 e. The van der Waals surface area contributed by atoms with E-state index in [1.807, 2.05) is 30.6 Å². The number of fused-ring (bicyclic) bond motifs is 3. The number of nitrogens with zero attached hydrogens (tertiary/aromatic N) is 5. The van der Waals surface area contributed by atoms with E-state index in [4.69, 9.17) is 9.72 Å². The average Bonchev–Trinajstić information content (AvgIpc) is 3.30. The lowest BCUT2D eigenvalue weighted by Gasteiger charge is -2.30. The standard InChI is InChI=1S/C22H21N5OS/c1-13-7-16(5-6-28-13)27-20(9-21-25-11-14(2)29-21)26-19-12-24-18-4-3-15(10-23)8-17(18)22(19)27/h3-4,8,11-13,16H,5-7,9H2,1-2H3/t13-,16?/m1/s1. The molecule has 1 aliphatic rings. The Morgan fingerprint density at radius 1 is 1.28 bits per heavy atom. The molecular weight excluding hydrogens is 382 g/mol. The average molecular weight is 404 g/mol. The minimum atomic E-state index is 0.212. The van der Waals surface area contributed by atoms with Gasteiger partial charge in [-0.15, -0.1) is 11.3 Å². The van der Waals surface area contributed by atoms with Crippen LogP contribution in [0.5, 0.6) is 0 Å². The van der Waals surface area contributed by atoms with Gasteiger partial charge in [-0.05, 0) is 44.9 Å². The Kier molecular flexibility index (Phi) is 4.53. The van der Waals surface area contributed by atoms with Crippen LogP contribution in [0.15, 0.2) is 30.6 Å². The quantitative estimate of drug-likeness (QED) is 0.501. The summed E-state index contributed by atoms with van der Waals surface area (Å²) in [7, 11) is 0. The van der Waals surface area contributed by atoms with Crippen LogP contribution in [0.1, 0.15) is 47.1 Å². The van der Waals surface area contributed by atoms with Crippen molar-refractivity contribution in [1.29, 1.82) is 5.26 Å². The Morgan fingerprint density at radius 3 is 2.93 bits per heavy atom. The van der Waals surface area contributed by atoms with Crippen molar-refractivity contribution < 1.29 is 4.74 Å². The van der Waals surface area contributed by atoms with Crippen LogP contribution in [0.25, 0.3) is 21.9 Å². The molecule has 6 nitrogen and oxygen atoms in total. The number of ether oxygens (including phenoxy) is 1. The number of hydrogen-bond donors (Lipinski definition) is 0. The van der Waals surface area contributed by atoms with Crippen LogP contribution >= 0.6 is 11.3 Å². The fourth-order valence-electron chi connectivity index (χ4n) is 4.24. The summed E-state index contributed by atoms with van der Waals surface area (Å²) < 4.78 is 8.18. The molecule has 0 bridgehead atoms. The number of aromatic nitrogens is 4. The highest BCUT2D eigenvalue weighted by Gasteiger charge is 2.26. The molecule has 0 saturated carbocycles. The van der Waals surface area contributed by atoms with Crippen LogP contribution in [0.4, 0.5) is 0 Å². The number of hydrogen-bond acceptors (Lipinski definition) is 6. The number of nitriles is 1. The van der Waals surface area contributed by atoms with Gasteiger partial charge in [0, 0.05) is 29.1 Å². The highest BCUT2D eigenvalue weighted by molar-refractivity contribution is 7.11. The van der Waals surface area contributed by atoms with Crippen LogP contribution in [-0.4, -0.2) is 32.2 Å². The van der Waals surface area contributed by atoms with Gasteiger partial charge in [-0.3, -0.25) is 4.98 Å². The molecule has 2 atom stereocenters. The van der Waals surface area contributed by atoms with Crippen molar-refractivity contribution in [2.75, 3.05) is 6.61 Å². The number of aryl methyl sites for hydroxylation is 1. The molecule has 0 aliphatic carbocycles. The molecule has 4 aromatic rings. The second-order valence-electron chi connectivity index (χ2n) is 7.63. The Balaban J connectivity index is 1.75. The summed E-state index contributed by atoms with van der Waals surface area (Å²) in [6, 6.07) is 8.22. The van der Waals surface area contributed by atoms with Crippen molar-refractivity contribution in [3.8, 4) is 6.07 Å². The lowest BCUT2D eigenvalue weighted by Crippen LogP contribution is -2.26. The van der Waals surface area contributed by atoms with E-state index in [2.05, 4.69) is 34.5 Å². The Labute approximate surface area is 172 Å². The molecular formula is C22H21N5OS. The summed E-state index contributed by atoms with van der Waals surface area (Å²) in [5.41, 5.74) is 3.45. The van der Waals surface area contributed by atoms with Gasteiger partial charge in [0.2, 0.25) is 0 Å². The Morgan fingerprint density at radius 2 is 2.17 bits per heavy atom. The molecule has 3 aromatic heterocycles. The van der Waals surface area contributed by atoms with Crippen LogP contribution in [0.2, 0.25) is 0 Å². The van der Waals surface area contributed by atoms with Gasteiger partial charge in [-0.25, -0.2) is 9.97 Å². The van der Waals surface area contributed by atoms with E-state index in [-0.39, 0.29) is 6.10 Å². The van der Waals surface area contributed by atoms with Gasteiger partial charge in [0.1, 0.15) is 16.3 Å². The van der Waals surface area contributed by atoms with E-state index in [9.17, 15) is 5.26 Å². The number of thiazole rings is 1. The third-order valence-electron chi connectivity index (χ3n) is 5.52. The highest BCUT2D eigenvalue weighted by atomic mass is 32.1. The molecule has 1 fully saturated rings. The van der Waals surface area contributed by atoms with Gasteiger partial charge in [0.25, 0.3) is 0 Å². The molecule has 146 valence electrons. The third-order valence-corrected chi connectivity index (χ3v) is 6.43. The highest BCUT2D eigenvalue weighted by Crippen LogP contribution is 2.34. The minimum Gasteiger partial charge on any atom is -0.378 e. The van der Waals surface area contributed by atoms with Crippen molar-refractivity contribution in [1.82, 2.24) is 19.5 Å². The summed E-state index contributed by atoms with van der Waals surface area (Å²) in [4.78, 5) is 15.3. The number of rotatable bonds is 3. The SMILES string of the molecule is Cc1cnc(Cc2nc3cnc4ccc(C#N)cc4c3n2C2CCO[C@H](C)C2)s1. The minimum absolute atomic E-state index is 0.212. The first kappa shape index (κ1) is 18.2. The lowest BCUT2D eigenvalue weighted by atomic mass is 10.0. The smallest absolute Gasteiger partial charge is 0.117 e. The normalized spacial score (nSPS) is 19.6. The van der Waals surface area contributed by atoms with Gasteiger partial charge < -0.3 is 9.30 Å². The van der Waals surface area contributed by atoms with Crippen LogP contribution in [0, 0.1) is 18.3 Å². The van der Waals surface area contributed by atoms with E-state index >= 15 is 0 Å². The van der Waals surface area contributed by atoms with Gasteiger partial charge in [0.15, 0.2) is 0 Å². The summed E-state index contributed by atoms with van der Waals surface area (Å²) in [6.07, 6.45) is 6.56. The first-order chi connectivity index (χ1) is 14.1. The Hall–Kier alpha value is -2.82. The number of benzene rings is 1. The predicted molar refractivity (Wildman–Crippen MR) is 113 cm³/mol. The van der Waals surface area contributed by atoms with Crippen LogP contribution < -0.4 is 0 Å². The topological polar surface area (TPSA) is 76.6 Å². The van der Waals surface area contributed by atoms with Crippen LogP contribution in [-0.2, 0) is 11.2 Å². The molecule has 4 heterocycles. The summed E-state index contributed by atoms with van der Waals surface area (Å²) in [6.45, 7) is 4.95. The fraction of sp³-hybridized carbons (Fsp3) is 0.364. The molecule has 1 unspecified atom stereocenters. The maximum absolute atomic E-state index is 9.41. The second kappa shape index (κ2) is 7.21. The van der Waals surface area contributed by atoms with Gasteiger partial charge in [-0.1, -0.05) is 0 Å². The summed E-state index contributed by atoms with van der Waals surface area (Å²) in [5, 5.41) is 11.5. The zero-order valence-corrected chi connectivity index (χ0v) is 17.2. The monoisotopic (exact) mass is 403 g/mol. The molecule has 5 rings (SSSR count). The zero-order chi connectivity index (χ0) is 20.0. The van der Waals surface area contributed by atoms with Crippen molar-refractivity contribution in [3.63, 3.8) is 0 Å².